The summed E-state index contributed by atoms with van der Waals surface area (Å²) in [6, 6.07) is 11.5. The molecule has 0 aliphatic heterocycles. The minimum atomic E-state index is -0.102. The van der Waals surface area contributed by atoms with Crippen molar-refractivity contribution in [2.75, 3.05) is 5.73 Å². The molecular formula is C17H19BrN2O. The number of hydrogen-bond donors (Lipinski definition) is 2. The van der Waals surface area contributed by atoms with Crippen LogP contribution in [0.15, 0.2) is 40.9 Å². The second-order valence-electron chi connectivity index (χ2n) is 5.27. The number of nitrogens with one attached hydrogen (secondary N) is 1. The fourth-order valence-corrected chi connectivity index (χ4v) is 2.49. The van der Waals surface area contributed by atoms with Gasteiger partial charge in [-0.1, -0.05) is 34.1 Å². The molecule has 3 nitrogen and oxygen atoms in total. The SMILES string of the molecule is Cc1cc(C)c(C(=O)N[C@@H](C)c2ccc(Br)cc2)cc1N. The van der Waals surface area contributed by atoms with Gasteiger partial charge in [0.25, 0.3) is 5.91 Å². The molecule has 1 amide bonds. The van der Waals surface area contributed by atoms with Crippen molar-refractivity contribution in [2.24, 2.45) is 0 Å². The Morgan fingerprint density at radius 1 is 1.14 bits per heavy atom. The number of nitrogen functional groups attached to an aromatic ring is 1. The lowest BCUT2D eigenvalue weighted by Gasteiger charge is -2.16. The number of rotatable bonds is 3. The van der Waals surface area contributed by atoms with Gasteiger partial charge in [-0.3, -0.25) is 4.79 Å². The maximum absolute atomic E-state index is 12.4. The Bertz CT molecular complexity index is 665. The number of carbonyl (C=O) groups excluding carboxylic acids is 1. The molecule has 110 valence electrons. The zero-order chi connectivity index (χ0) is 15.6. The highest BCUT2D eigenvalue weighted by Crippen LogP contribution is 2.20. The van der Waals surface area contributed by atoms with E-state index in [1.165, 1.54) is 0 Å². The van der Waals surface area contributed by atoms with Crippen LogP contribution >= 0.6 is 15.9 Å². The van der Waals surface area contributed by atoms with Crippen LogP contribution in [-0.2, 0) is 0 Å². The fraction of sp³-hybridized carbons (Fsp3) is 0.235. The van der Waals surface area contributed by atoms with Crippen molar-refractivity contribution in [2.45, 2.75) is 26.8 Å². The molecule has 0 bridgehead atoms. The third-order valence-corrected chi connectivity index (χ3v) is 4.10. The molecule has 2 aromatic carbocycles. The van der Waals surface area contributed by atoms with E-state index >= 15 is 0 Å². The number of halogens is 1. The second kappa shape index (κ2) is 6.31. The van der Waals surface area contributed by atoms with E-state index in [1.54, 1.807) is 6.07 Å². The molecule has 0 spiro atoms. The van der Waals surface area contributed by atoms with Crippen LogP contribution in [0.1, 0.15) is 40.0 Å². The van der Waals surface area contributed by atoms with Crippen molar-refractivity contribution in [1.29, 1.82) is 0 Å². The summed E-state index contributed by atoms with van der Waals surface area (Å²) in [6.07, 6.45) is 0. The molecule has 3 N–H and O–H groups in total. The first-order valence-corrected chi connectivity index (χ1v) is 7.61. The van der Waals surface area contributed by atoms with Crippen molar-refractivity contribution >= 4 is 27.5 Å². The molecule has 4 heteroatoms. The number of hydrogen-bond acceptors (Lipinski definition) is 2. The Kier molecular flexibility index (Phi) is 4.68. The van der Waals surface area contributed by atoms with Gasteiger partial charge in [0.1, 0.15) is 0 Å². The van der Waals surface area contributed by atoms with Crippen LogP contribution in [0.5, 0.6) is 0 Å². The summed E-state index contributed by atoms with van der Waals surface area (Å²) in [5.74, 6) is -0.102. The Morgan fingerprint density at radius 3 is 2.38 bits per heavy atom. The number of carbonyl (C=O) groups is 1. The molecule has 2 rings (SSSR count). The fourth-order valence-electron chi connectivity index (χ4n) is 2.22. The molecule has 2 aromatic rings. The number of amides is 1. The normalized spacial score (nSPS) is 12.0. The van der Waals surface area contributed by atoms with E-state index in [0.717, 1.165) is 21.2 Å². The largest absolute Gasteiger partial charge is 0.398 e. The average molecular weight is 347 g/mol. The predicted molar refractivity (Wildman–Crippen MR) is 90.4 cm³/mol. The highest BCUT2D eigenvalue weighted by atomic mass is 79.9. The highest BCUT2D eigenvalue weighted by Gasteiger charge is 2.14. The lowest BCUT2D eigenvalue weighted by atomic mass is 10.0. The lowest BCUT2D eigenvalue weighted by molar-refractivity contribution is 0.0939. The van der Waals surface area contributed by atoms with Crippen LogP contribution < -0.4 is 11.1 Å². The monoisotopic (exact) mass is 346 g/mol. The van der Waals surface area contributed by atoms with Crippen LogP contribution in [0.3, 0.4) is 0 Å². The molecule has 0 saturated carbocycles. The average Bonchev–Trinajstić information content (AvgIpc) is 2.43. The first-order chi connectivity index (χ1) is 9.88. The summed E-state index contributed by atoms with van der Waals surface area (Å²) in [6.45, 7) is 5.83. The van der Waals surface area contributed by atoms with Gasteiger partial charge in [-0.05, 0) is 55.7 Å². The molecule has 0 heterocycles. The predicted octanol–water partition coefficient (Wildman–Crippen LogP) is 4.14. The van der Waals surface area contributed by atoms with Gasteiger partial charge >= 0.3 is 0 Å². The zero-order valence-electron chi connectivity index (χ0n) is 12.4. The van der Waals surface area contributed by atoms with Gasteiger partial charge < -0.3 is 11.1 Å². The zero-order valence-corrected chi connectivity index (χ0v) is 14.0. The highest BCUT2D eigenvalue weighted by molar-refractivity contribution is 9.10. The van der Waals surface area contributed by atoms with Gasteiger partial charge in [0.05, 0.1) is 6.04 Å². The first-order valence-electron chi connectivity index (χ1n) is 6.81. The van der Waals surface area contributed by atoms with Crippen LogP contribution in [0, 0.1) is 13.8 Å². The summed E-state index contributed by atoms with van der Waals surface area (Å²) >= 11 is 3.41. The Balaban J connectivity index is 2.18. The third-order valence-electron chi connectivity index (χ3n) is 3.58. The van der Waals surface area contributed by atoms with E-state index in [-0.39, 0.29) is 11.9 Å². The van der Waals surface area contributed by atoms with Crippen molar-refractivity contribution in [3.63, 3.8) is 0 Å². The van der Waals surface area contributed by atoms with Crippen molar-refractivity contribution < 1.29 is 4.79 Å². The van der Waals surface area contributed by atoms with Gasteiger partial charge in [-0.2, -0.15) is 0 Å². The summed E-state index contributed by atoms with van der Waals surface area (Å²) < 4.78 is 1.02. The van der Waals surface area contributed by atoms with Crippen LogP contribution in [0.4, 0.5) is 5.69 Å². The quantitative estimate of drug-likeness (QED) is 0.820. The first kappa shape index (κ1) is 15.6. The van der Waals surface area contributed by atoms with E-state index in [0.29, 0.717) is 11.3 Å². The van der Waals surface area contributed by atoms with E-state index in [2.05, 4.69) is 21.2 Å². The molecule has 0 radical (unpaired) electrons. The topological polar surface area (TPSA) is 55.1 Å². The van der Waals surface area contributed by atoms with Gasteiger partial charge in [-0.15, -0.1) is 0 Å². The van der Waals surface area contributed by atoms with E-state index in [4.69, 9.17) is 5.73 Å². The molecule has 1 atom stereocenters. The Morgan fingerprint density at radius 2 is 1.76 bits per heavy atom. The molecule has 0 aromatic heterocycles. The molecule has 0 unspecified atom stereocenters. The summed E-state index contributed by atoms with van der Waals surface area (Å²) in [5.41, 5.74) is 10.2. The minimum Gasteiger partial charge on any atom is -0.398 e. The number of anilines is 1. The number of aryl methyl sites for hydroxylation is 2. The summed E-state index contributed by atoms with van der Waals surface area (Å²) in [4.78, 5) is 12.4. The van der Waals surface area contributed by atoms with Gasteiger partial charge in [0, 0.05) is 15.7 Å². The van der Waals surface area contributed by atoms with Crippen molar-refractivity contribution in [1.82, 2.24) is 5.32 Å². The van der Waals surface area contributed by atoms with Crippen LogP contribution in [-0.4, -0.2) is 5.91 Å². The standard InChI is InChI=1S/C17H19BrN2O/c1-10-8-11(2)16(19)9-15(10)17(21)20-12(3)13-4-6-14(18)7-5-13/h4-9,12H,19H2,1-3H3,(H,20,21)/t12-/m0/s1. The van der Waals surface area contributed by atoms with Crippen LogP contribution in [0.2, 0.25) is 0 Å². The molecule has 0 fully saturated rings. The number of nitrogens with two attached hydrogens (primary N) is 1. The third kappa shape index (κ3) is 3.64. The molecule has 21 heavy (non-hydrogen) atoms. The van der Waals surface area contributed by atoms with Crippen molar-refractivity contribution in [3.05, 3.63) is 63.1 Å². The Labute approximate surface area is 133 Å². The minimum absolute atomic E-state index is 0.0625. The van der Waals surface area contributed by atoms with E-state index in [1.807, 2.05) is 51.1 Å². The van der Waals surface area contributed by atoms with E-state index < -0.39 is 0 Å². The molecule has 0 saturated heterocycles. The molecule has 0 aliphatic carbocycles. The number of benzene rings is 2. The van der Waals surface area contributed by atoms with Gasteiger partial charge in [-0.25, -0.2) is 0 Å². The second-order valence-corrected chi connectivity index (χ2v) is 6.19. The van der Waals surface area contributed by atoms with Gasteiger partial charge in [0.15, 0.2) is 0 Å². The smallest absolute Gasteiger partial charge is 0.252 e. The van der Waals surface area contributed by atoms with E-state index in [9.17, 15) is 4.79 Å². The van der Waals surface area contributed by atoms with Crippen LogP contribution in [0.25, 0.3) is 0 Å². The molecule has 0 aliphatic rings. The maximum Gasteiger partial charge on any atom is 0.252 e. The summed E-state index contributed by atoms with van der Waals surface area (Å²) in [7, 11) is 0. The maximum atomic E-state index is 12.4. The Hall–Kier alpha value is -1.81. The molecular weight excluding hydrogens is 328 g/mol. The summed E-state index contributed by atoms with van der Waals surface area (Å²) in [5, 5.41) is 3.01. The van der Waals surface area contributed by atoms with Crippen molar-refractivity contribution in [3.8, 4) is 0 Å². The lowest BCUT2D eigenvalue weighted by Crippen LogP contribution is -2.27. The van der Waals surface area contributed by atoms with Gasteiger partial charge in [0.2, 0.25) is 0 Å².